The minimum absolute atomic E-state index is 0.172. The molecule has 3 rings (SSSR count). The Bertz CT molecular complexity index is 982. The van der Waals surface area contributed by atoms with Gasteiger partial charge >= 0.3 is 0 Å². The maximum absolute atomic E-state index is 13.0. The minimum Gasteiger partial charge on any atom is -0.496 e. The fourth-order valence-corrected chi connectivity index (χ4v) is 2.98. The van der Waals surface area contributed by atoms with Gasteiger partial charge in [-0.05, 0) is 48.6 Å². The van der Waals surface area contributed by atoms with Gasteiger partial charge in [-0.15, -0.1) is 0 Å². The Morgan fingerprint density at radius 3 is 2.38 bits per heavy atom. The number of ether oxygens (including phenoxy) is 2. The number of aryl methyl sites for hydroxylation is 2. The Hall–Kier alpha value is -2.75. The number of rotatable bonds is 5. The summed E-state index contributed by atoms with van der Waals surface area (Å²) in [7, 11) is 1.61. The van der Waals surface area contributed by atoms with Crippen molar-refractivity contribution in [3.63, 3.8) is 0 Å². The standard InChI is InChI=1S/C22H24O4/c1-6-15-11-18-20(12-19(15)24-5)25-14(4)22(21(18)23)26-17-9-7-16(8-10-17)13(2)3/h7-13H,6H2,1-5H3. The molecule has 1 aromatic heterocycles. The van der Waals surface area contributed by atoms with Gasteiger partial charge < -0.3 is 13.9 Å². The molecule has 0 aliphatic carbocycles. The topological polar surface area (TPSA) is 48.7 Å². The predicted octanol–water partition coefficient (Wildman–Crippen LogP) is 5.59. The van der Waals surface area contributed by atoms with E-state index in [0.717, 1.165) is 17.7 Å². The minimum atomic E-state index is -0.172. The molecule has 26 heavy (non-hydrogen) atoms. The first-order chi connectivity index (χ1) is 12.4. The lowest BCUT2D eigenvalue weighted by Gasteiger charge is -2.12. The van der Waals surface area contributed by atoms with Gasteiger partial charge in [0.2, 0.25) is 11.2 Å². The van der Waals surface area contributed by atoms with Gasteiger partial charge in [0.25, 0.3) is 0 Å². The predicted molar refractivity (Wildman–Crippen MR) is 104 cm³/mol. The summed E-state index contributed by atoms with van der Waals surface area (Å²) >= 11 is 0. The molecular weight excluding hydrogens is 328 g/mol. The smallest absolute Gasteiger partial charge is 0.235 e. The van der Waals surface area contributed by atoms with E-state index in [1.54, 1.807) is 20.1 Å². The lowest BCUT2D eigenvalue weighted by molar-refractivity contribution is 0.408. The van der Waals surface area contributed by atoms with Crippen LogP contribution in [0, 0.1) is 6.92 Å². The summed E-state index contributed by atoms with van der Waals surface area (Å²) in [6.07, 6.45) is 0.763. The van der Waals surface area contributed by atoms with Crippen molar-refractivity contribution in [2.75, 3.05) is 7.11 Å². The van der Waals surface area contributed by atoms with Gasteiger partial charge in [0.1, 0.15) is 22.8 Å². The Balaban J connectivity index is 2.07. The lowest BCUT2D eigenvalue weighted by Crippen LogP contribution is -2.08. The number of hydrogen-bond donors (Lipinski definition) is 0. The molecule has 4 heteroatoms. The fraction of sp³-hybridized carbons (Fsp3) is 0.318. The molecule has 0 fully saturated rings. The summed E-state index contributed by atoms with van der Waals surface area (Å²) in [4.78, 5) is 13.0. The highest BCUT2D eigenvalue weighted by Gasteiger charge is 2.16. The van der Waals surface area contributed by atoms with Gasteiger partial charge in [0.05, 0.1) is 12.5 Å². The van der Waals surface area contributed by atoms with Crippen LogP contribution in [0.1, 0.15) is 43.6 Å². The molecule has 0 aliphatic heterocycles. The van der Waals surface area contributed by atoms with Crippen molar-refractivity contribution in [1.82, 2.24) is 0 Å². The zero-order valence-corrected chi connectivity index (χ0v) is 15.9. The van der Waals surface area contributed by atoms with Crippen LogP contribution in [-0.4, -0.2) is 7.11 Å². The fourth-order valence-electron chi connectivity index (χ4n) is 2.98. The average molecular weight is 352 g/mol. The first-order valence-corrected chi connectivity index (χ1v) is 8.86. The molecule has 0 saturated heterocycles. The molecule has 0 spiro atoms. The molecule has 0 atom stereocenters. The van der Waals surface area contributed by atoms with Gasteiger partial charge in [-0.3, -0.25) is 4.79 Å². The monoisotopic (exact) mass is 352 g/mol. The van der Waals surface area contributed by atoms with Gasteiger partial charge in [-0.25, -0.2) is 0 Å². The van der Waals surface area contributed by atoms with Crippen molar-refractivity contribution in [2.24, 2.45) is 0 Å². The second kappa shape index (κ2) is 7.24. The molecule has 1 heterocycles. The van der Waals surface area contributed by atoms with Gasteiger partial charge in [0, 0.05) is 6.07 Å². The Morgan fingerprint density at radius 1 is 1.12 bits per heavy atom. The molecular formula is C22H24O4. The Kier molecular flexibility index (Phi) is 5.03. The average Bonchev–Trinajstić information content (AvgIpc) is 2.64. The SMILES string of the molecule is CCc1cc2c(=O)c(Oc3ccc(C(C)C)cc3)c(C)oc2cc1OC. The summed E-state index contributed by atoms with van der Waals surface area (Å²) in [5.41, 5.74) is 2.51. The third-order valence-electron chi connectivity index (χ3n) is 4.56. The van der Waals surface area contributed by atoms with E-state index in [1.807, 2.05) is 37.3 Å². The quantitative estimate of drug-likeness (QED) is 0.601. The summed E-state index contributed by atoms with van der Waals surface area (Å²) in [5, 5.41) is 0.502. The lowest BCUT2D eigenvalue weighted by atomic mass is 10.0. The third-order valence-corrected chi connectivity index (χ3v) is 4.56. The summed E-state index contributed by atoms with van der Waals surface area (Å²) in [5.74, 6) is 2.46. The largest absolute Gasteiger partial charge is 0.496 e. The van der Waals surface area contributed by atoms with E-state index in [4.69, 9.17) is 13.9 Å². The van der Waals surface area contributed by atoms with Crippen LogP contribution in [-0.2, 0) is 6.42 Å². The zero-order chi connectivity index (χ0) is 18.8. The van der Waals surface area contributed by atoms with Crippen LogP contribution in [0.3, 0.4) is 0 Å². The highest BCUT2D eigenvalue weighted by Crippen LogP contribution is 2.30. The third kappa shape index (κ3) is 3.32. The molecule has 0 saturated carbocycles. The molecule has 0 radical (unpaired) electrons. The number of hydrogen-bond acceptors (Lipinski definition) is 4. The zero-order valence-electron chi connectivity index (χ0n) is 15.9. The van der Waals surface area contributed by atoms with E-state index in [-0.39, 0.29) is 11.2 Å². The van der Waals surface area contributed by atoms with Crippen molar-refractivity contribution in [2.45, 2.75) is 40.0 Å². The van der Waals surface area contributed by atoms with E-state index >= 15 is 0 Å². The summed E-state index contributed by atoms with van der Waals surface area (Å²) in [6.45, 7) is 8.03. The van der Waals surface area contributed by atoms with Gasteiger partial charge in [-0.2, -0.15) is 0 Å². The second-order valence-electron chi connectivity index (χ2n) is 6.66. The normalized spacial score (nSPS) is 11.2. The first kappa shape index (κ1) is 18.1. The molecule has 136 valence electrons. The van der Waals surface area contributed by atoms with Crippen LogP contribution in [0.15, 0.2) is 45.6 Å². The first-order valence-electron chi connectivity index (χ1n) is 8.86. The van der Waals surface area contributed by atoms with Gasteiger partial charge in [0.15, 0.2) is 0 Å². The van der Waals surface area contributed by atoms with Gasteiger partial charge in [-0.1, -0.05) is 32.9 Å². The molecule has 0 N–H and O–H groups in total. The number of methoxy groups -OCH3 is 1. The number of fused-ring (bicyclic) bond motifs is 1. The van der Waals surface area contributed by atoms with E-state index in [1.165, 1.54) is 5.56 Å². The Labute approximate surface area is 153 Å². The molecule has 0 amide bonds. The van der Waals surface area contributed by atoms with Crippen LogP contribution in [0.5, 0.6) is 17.2 Å². The van der Waals surface area contributed by atoms with Crippen molar-refractivity contribution < 1.29 is 13.9 Å². The van der Waals surface area contributed by atoms with Crippen molar-refractivity contribution in [3.05, 3.63) is 63.5 Å². The molecule has 3 aromatic rings. The molecule has 4 nitrogen and oxygen atoms in total. The van der Waals surface area contributed by atoms with Crippen LogP contribution in [0.25, 0.3) is 11.0 Å². The maximum atomic E-state index is 13.0. The molecule has 0 aliphatic rings. The van der Waals surface area contributed by atoms with Crippen molar-refractivity contribution in [3.8, 4) is 17.2 Å². The molecule has 0 unspecified atom stereocenters. The number of benzene rings is 2. The maximum Gasteiger partial charge on any atom is 0.235 e. The van der Waals surface area contributed by atoms with Crippen molar-refractivity contribution >= 4 is 11.0 Å². The molecule has 2 aromatic carbocycles. The highest BCUT2D eigenvalue weighted by atomic mass is 16.5. The van der Waals surface area contributed by atoms with Crippen LogP contribution in [0.4, 0.5) is 0 Å². The van der Waals surface area contributed by atoms with E-state index in [9.17, 15) is 4.79 Å². The van der Waals surface area contributed by atoms with E-state index in [2.05, 4.69) is 13.8 Å². The van der Waals surface area contributed by atoms with E-state index in [0.29, 0.717) is 28.4 Å². The highest BCUT2D eigenvalue weighted by molar-refractivity contribution is 5.81. The Morgan fingerprint density at radius 2 is 1.81 bits per heavy atom. The van der Waals surface area contributed by atoms with Crippen molar-refractivity contribution in [1.29, 1.82) is 0 Å². The van der Waals surface area contributed by atoms with Crippen LogP contribution < -0.4 is 14.9 Å². The van der Waals surface area contributed by atoms with Crippen LogP contribution >= 0.6 is 0 Å². The summed E-state index contributed by atoms with van der Waals surface area (Å²) < 4.78 is 17.1. The molecule has 0 bridgehead atoms. The summed E-state index contributed by atoms with van der Waals surface area (Å²) in [6, 6.07) is 11.4. The van der Waals surface area contributed by atoms with Crippen LogP contribution in [0.2, 0.25) is 0 Å². The second-order valence-corrected chi connectivity index (χ2v) is 6.66. The van der Waals surface area contributed by atoms with E-state index < -0.39 is 0 Å².